The molecular formula is C26H26Cl2F2N6O. The van der Waals surface area contributed by atoms with Gasteiger partial charge in [0, 0.05) is 13.1 Å². The molecule has 1 aliphatic rings. The molecule has 5 rings (SSSR count). The van der Waals surface area contributed by atoms with Gasteiger partial charge in [0.2, 0.25) is 5.95 Å². The molecule has 7 nitrogen and oxygen atoms in total. The van der Waals surface area contributed by atoms with E-state index >= 15 is 0 Å². The van der Waals surface area contributed by atoms with Gasteiger partial charge in [-0.25, -0.2) is 18.7 Å². The average Bonchev–Trinajstić information content (AvgIpc) is 3.22. The highest BCUT2D eigenvalue weighted by atomic mass is 35.5. The topological polar surface area (TPSA) is 76.9 Å². The zero-order valence-electron chi connectivity index (χ0n) is 20.2. The Balaban J connectivity index is 1.53. The molecule has 3 heterocycles. The van der Waals surface area contributed by atoms with Crippen molar-refractivity contribution in [2.75, 3.05) is 25.0 Å². The predicted octanol–water partition coefficient (Wildman–Crippen LogP) is 6.09. The first-order valence-electron chi connectivity index (χ1n) is 12.2. The molecule has 1 aliphatic heterocycles. The van der Waals surface area contributed by atoms with E-state index in [1.807, 2.05) is 11.5 Å². The van der Waals surface area contributed by atoms with Crippen LogP contribution in [-0.4, -0.2) is 39.2 Å². The highest BCUT2D eigenvalue weighted by Crippen LogP contribution is 2.39. The molecule has 2 aromatic carbocycles. The fourth-order valence-corrected chi connectivity index (χ4v) is 5.19. The lowest BCUT2D eigenvalue weighted by atomic mass is 9.99. The van der Waals surface area contributed by atoms with Crippen molar-refractivity contribution >= 4 is 40.3 Å². The van der Waals surface area contributed by atoms with Gasteiger partial charge in [0.15, 0.2) is 17.3 Å². The third kappa shape index (κ3) is 5.63. The molecule has 0 aliphatic carbocycles. The minimum atomic E-state index is -0.899. The lowest BCUT2D eigenvalue weighted by Crippen LogP contribution is -2.32. The number of imidazole rings is 1. The number of fused-ring (bicyclic) bond motifs is 1. The maximum absolute atomic E-state index is 13.6. The Morgan fingerprint density at radius 2 is 1.95 bits per heavy atom. The Bertz CT molecular complexity index is 1400. The molecule has 1 saturated heterocycles. The van der Waals surface area contributed by atoms with Crippen LogP contribution in [0.1, 0.15) is 25.3 Å². The van der Waals surface area contributed by atoms with Crippen molar-refractivity contribution in [3.05, 3.63) is 63.8 Å². The van der Waals surface area contributed by atoms with Gasteiger partial charge in [-0.1, -0.05) is 29.3 Å². The number of anilines is 1. The van der Waals surface area contributed by atoms with Gasteiger partial charge in [-0.2, -0.15) is 4.98 Å². The number of rotatable bonds is 8. The standard InChI is InChI=1S/C26H26Cl2F2N6O/c1-2-37-17-9-18(27)23(19(28)10-17)25-34-22-13-33-26(32-12-15-5-6-20(29)21(30)8-15)35-24(22)36(25)14-16-4-3-7-31-11-16/h5-6,8-10,13,16,31H,2-4,7,11-12,14H2,1H3,(H,32,33,35)/t16-/m1/s1. The minimum Gasteiger partial charge on any atom is -0.494 e. The Morgan fingerprint density at radius 3 is 2.65 bits per heavy atom. The van der Waals surface area contributed by atoms with Crippen LogP contribution in [0.5, 0.6) is 5.75 Å². The highest BCUT2D eigenvalue weighted by molar-refractivity contribution is 6.39. The van der Waals surface area contributed by atoms with E-state index in [4.69, 9.17) is 37.9 Å². The summed E-state index contributed by atoms with van der Waals surface area (Å²) in [7, 11) is 0. The Morgan fingerprint density at radius 1 is 1.14 bits per heavy atom. The Labute approximate surface area is 223 Å². The smallest absolute Gasteiger partial charge is 0.225 e. The van der Waals surface area contributed by atoms with E-state index < -0.39 is 11.6 Å². The monoisotopic (exact) mass is 546 g/mol. The quantitative estimate of drug-likeness (QED) is 0.278. The number of hydrogen-bond acceptors (Lipinski definition) is 6. The third-order valence-electron chi connectivity index (χ3n) is 6.31. The summed E-state index contributed by atoms with van der Waals surface area (Å²) in [6.45, 7) is 5.17. The van der Waals surface area contributed by atoms with Gasteiger partial charge in [0.25, 0.3) is 0 Å². The molecule has 0 bridgehead atoms. The van der Waals surface area contributed by atoms with E-state index in [-0.39, 0.29) is 6.54 Å². The van der Waals surface area contributed by atoms with Crippen LogP contribution < -0.4 is 15.4 Å². The van der Waals surface area contributed by atoms with Gasteiger partial charge in [-0.05, 0) is 68.6 Å². The molecule has 4 aromatic rings. The summed E-state index contributed by atoms with van der Waals surface area (Å²) in [6.07, 6.45) is 3.79. The van der Waals surface area contributed by atoms with Crippen LogP contribution in [0.4, 0.5) is 14.7 Å². The van der Waals surface area contributed by atoms with Gasteiger partial charge in [0.1, 0.15) is 17.1 Å². The number of piperidine rings is 1. The number of ether oxygens (including phenoxy) is 1. The van der Waals surface area contributed by atoms with E-state index in [0.717, 1.165) is 38.1 Å². The SMILES string of the molecule is CCOc1cc(Cl)c(-c2nc3cnc(NCc4ccc(F)c(F)c4)nc3n2C[C@@H]2CCCNC2)c(Cl)c1. The fraction of sp³-hybridized carbons (Fsp3) is 0.346. The molecule has 2 N–H and O–H groups in total. The van der Waals surface area contributed by atoms with Crippen LogP contribution in [0.15, 0.2) is 36.5 Å². The maximum atomic E-state index is 13.6. The van der Waals surface area contributed by atoms with Crippen molar-refractivity contribution in [3.63, 3.8) is 0 Å². The number of aromatic nitrogens is 4. The van der Waals surface area contributed by atoms with E-state index in [1.54, 1.807) is 18.3 Å². The number of nitrogens with zero attached hydrogens (tertiary/aromatic N) is 4. The van der Waals surface area contributed by atoms with Crippen LogP contribution in [0.3, 0.4) is 0 Å². The van der Waals surface area contributed by atoms with Crippen molar-refractivity contribution < 1.29 is 13.5 Å². The summed E-state index contributed by atoms with van der Waals surface area (Å²) < 4.78 is 34.5. The number of hydrogen-bond donors (Lipinski definition) is 2. The van der Waals surface area contributed by atoms with E-state index in [0.29, 0.717) is 68.9 Å². The molecule has 0 amide bonds. The second-order valence-corrected chi connectivity index (χ2v) is 9.77. The van der Waals surface area contributed by atoms with Gasteiger partial charge < -0.3 is 19.9 Å². The van der Waals surface area contributed by atoms with Gasteiger partial charge in [-0.15, -0.1) is 0 Å². The summed E-state index contributed by atoms with van der Waals surface area (Å²) in [4.78, 5) is 13.9. The second kappa shape index (κ2) is 11.2. The van der Waals surface area contributed by atoms with Crippen LogP contribution in [-0.2, 0) is 13.1 Å². The fourth-order valence-electron chi connectivity index (χ4n) is 4.55. The van der Waals surface area contributed by atoms with Crippen molar-refractivity contribution in [3.8, 4) is 17.1 Å². The zero-order chi connectivity index (χ0) is 25.9. The largest absolute Gasteiger partial charge is 0.494 e. The van der Waals surface area contributed by atoms with Crippen molar-refractivity contribution in [1.29, 1.82) is 0 Å². The van der Waals surface area contributed by atoms with Gasteiger partial charge in [0.05, 0.1) is 28.4 Å². The Hall–Kier alpha value is -3.01. The predicted molar refractivity (Wildman–Crippen MR) is 141 cm³/mol. The van der Waals surface area contributed by atoms with Crippen LogP contribution in [0.2, 0.25) is 10.0 Å². The average molecular weight is 547 g/mol. The second-order valence-electron chi connectivity index (χ2n) is 8.96. The van der Waals surface area contributed by atoms with E-state index in [9.17, 15) is 8.78 Å². The molecule has 1 atom stereocenters. The van der Waals surface area contributed by atoms with Crippen LogP contribution in [0.25, 0.3) is 22.6 Å². The van der Waals surface area contributed by atoms with Crippen molar-refractivity contribution in [2.24, 2.45) is 5.92 Å². The molecule has 11 heteroatoms. The zero-order valence-corrected chi connectivity index (χ0v) is 21.7. The van der Waals surface area contributed by atoms with Crippen molar-refractivity contribution in [2.45, 2.75) is 32.9 Å². The number of halogens is 4. The number of nitrogens with one attached hydrogen (secondary N) is 2. The van der Waals surface area contributed by atoms with E-state index in [1.165, 1.54) is 6.07 Å². The van der Waals surface area contributed by atoms with Crippen molar-refractivity contribution in [1.82, 2.24) is 24.8 Å². The lowest BCUT2D eigenvalue weighted by molar-refractivity contribution is 0.340. The summed E-state index contributed by atoms with van der Waals surface area (Å²) in [5.74, 6) is 0.120. The minimum absolute atomic E-state index is 0.229. The summed E-state index contributed by atoms with van der Waals surface area (Å²) >= 11 is 13.4. The summed E-state index contributed by atoms with van der Waals surface area (Å²) in [5.41, 5.74) is 2.39. The van der Waals surface area contributed by atoms with E-state index in [2.05, 4.69) is 15.6 Å². The van der Waals surface area contributed by atoms with Gasteiger partial charge >= 0.3 is 0 Å². The first-order chi connectivity index (χ1) is 17.9. The molecular weight excluding hydrogens is 521 g/mol. The molecule has 37 heavy (non-hydrogen) atoms. The van der Waals surface area contributed by atoms with Crippen LogP contribution >= 0.6 is 23.2 Å². The molecule has 194 valence electrons. The first-order valence-corrected chi connectivity index (χ1v) is 12.9. The molecule has 2 aromatic heterocycles. The Kier molecular flexibility index (Phi) is 7.73. The third-order valence-corrected chi connectivity index (χ3v) is 6.91. The summed E-state index contributed by atoms with van der Waals surface area (Å²) in [6, 6.07) is 7.23. The molecule has 0 unspecified atom stereocenters. The lowest BCUT2D eigenvalue weighted by Gasteiger charge is -2.24. The molecule has 0 saturated carbocycles. The molecule has 0 spiro atoms. The highest BCUT2D eigenvalue weighted by Gasteiger charge is 2.24. The van der Waals surface area contributed by atoms with Gasteiger partial charge in [-0.3, -0.25) is 0 Å². The summed E-state index contributed by atoms with van der Waals surface area (Å²) in [5, 5.41) is 7.40. The molecule has 1 fully saturated rings. The number of benzene rings is 2. The maximum Gasteiger partial charge on any atom is 0.225 e. The normalized spacial score (nSPS) is 15.8. The molecule has 0 radical (unpaired) electrons. The van der Waals surface area contributed by atoms with Crippen LogP contribution in [0, 0.1) is 17.6 Å². The first kappa shape index (κ1) is 25.6.